The van der Waals surface area contributed by atoms with Crippen molar-refractivity contribution in [3.8, 4) is 17.0 Å². The third-order valence-electron chi connectivity index (χ3n) is 4.50. The Morgan fingerprint density at radius 2 is 1.97 bits per heavy atom. The summed E-state index contributed by atoms with van der Waals surface area (Å²) in [6.45, 7) is 1.97. The van der Waals surface area contributed by atoms with Crippen LogP contribution < -0.4 is 10.1 Å². The van der Waals surface area contributed by atoms with E-state index < -0.39 is 0 Å². The Bertz CT molecular complexity index is 1170. The molecule has 0 radical (unpaired) electrons. The van der Waals surface area contributed by atoms with E-state index >= 15 is 0 Å². The summed E-state index contributed by atoms with van der Waals surface area (Å²) in [5.74, 6) is 0.948. The molecule has 0 aliphatic rings. The number of nitrogens with one attached hydrogen (secondary N) is 1. The largest absolute Gasteiger partial charge is 0.496 e. The zero-order chi connectivity index (χ0) is 20.2. The third kappa shape index (κ3) is 4.09. The van der Waals surface area contributed by atoms with E-state index in [1.165, 1.54) is 11.8 Å². The van der Waals surface area contributed by atoms with Gasteiger partial charge in [-0.2, -0.15) is 5.10 Å². The summed E-state index contributed by atoms with van der Waals surface area (Å²) >= 11 is 1.39. The number of fused-ring (bicyclic) bond motifs is 1. The maximum absolute atomic E-state index is 12.4. The summed E-state index contributed by atoms with van der Waals surface area (Å²) < 4.78 is 7.22. The minimum Gasteiger partial charge on any atom is -0.496 e. The molecule has 0 saturated heterocycles. The Kier molecular flexibility index (Phi) is 5.48. The second-order valence-electron chi connectivity index (χ2n) is 6.44. The number of rotatable bonds is 6. The van der Waals surface area contributed by atoms with Crippen LogP contribution in [0, 0.1) is 6.92 Å². The van der Waals surface area contributed by atoms with Gasteiger partial charge in [0.25, 0.3) is 0 Å². The number of hydrogen-bond acceptors (Lipinski definition) is 5. The van der Waals surface area contributed by atoms with E-state index in [1.54, 1.807) is 24.0 Å². The van der Waals surface area contributed by atoms with Crippen molar-refractivity contribution in [1.82, 2.24) is 14.6 Å². The van der Waals surface area contributed by atoms with Crippen LogP contribution in [0.4, 0.5) is 5.69 Å². The molecule has 0 unspecified atom stereocenters. The van der Waals surface area contributed by atoms with Gasteiger partial charge < -0.3 is 10.1 Å². The summed E-state index contributed by atoms with van der Waals surface area (Å²) in [5, 5.41) is 8.34. The van der Waals surface area contributed by atoms with Crippen LogP contribution in [0.3, 0.4) is 0 Å². The summed E-state index contributed by atoms with van der Waals surface area (Å²) in [6, 6.07) is 17.4. The van der Waals surface area contributed by atoms with E-state index in [9.17, 15) is 4.79 Å². The monoisotopic (exact) mass is 404 g/mol. The molecular weight excluding hydrogens is 384 g/mol. The van der Waals surface area contributed by atoms with Gasteiger partial charge in [0.05, 0.1) is 24.1 Å². The lowest BCUT2D eigenvalue weighted by atomic mass is 10.1. The second-order valence-corrected chi connectivity index (χ2v) is 7.41. The Morgan fingerprint density at radius 1 is 1.17 bits per heavy atom. The summed E-state index contributed by atoms with van der Waals surface area (Å²) in [4.78, 5) is 16.8. The van der Waals surface area contributed by atoms with Crippen LogP contribution in [0.2, 0.25) is 0 Å². The summed E-state index contributed by atoms with van der Waals surface area (Å²) in [7, 11) is 1.64. The number of ether oxygens (including phenoxy) is 1. The maximum Gasteiger partial charge on any atom is 0.234 e. The maximum atomic E-state index is 12.4. The zero-order valence-electron chi connectivity index (χ0n) is 16.1. The van der Waals surface area contributed by atoms with E-state index in [-0.39, 0.29) is 11.7 Å². The van der Waals surface area contributed by atoms with Gasteiger partial charge in [-0.1, -0.05) is 42.1 Å². The topological polar surface area (TPSA) is 68.5 Å². The summed E-state index contributed by atoms with van der Waals surface area (Å²) in [5.41, 5.74) is 4.41. The standard InChI is InChI=1S/C22H20N4O2S/c1-15-7-3-5-9-17(15)24-21(27)14-29-22-19-13-18(25-26(19)12-11-23-22)16-8-4-6-10-20(16)28-2/h3-13H,14H2,1-2H3,(H,24,27). The lowest BCUT2D eigenvalue weighted by Gasteiger charge is -2.08. The number of aromatic nitrogens is 3. The number of hydrogen-bond donors (Lipinski definition) is 1. The molecule has 0 spiro atoms. The van der Waals surface area contributed by atoms with Crippen LogP contribution in [-0.4, -0.2) is 33.4 Å². The predicted octanol–water partition coefficient (Wildman–Crippen LogP) is 4.44. The Hall–Kier alpha value is -3.32. The van der Waals surface area contributed by atoms with Gasteiger partial charge in [0.15, 0.2) is 0 Å². The fourth-order valence-corrected chi connectivity index (χ4v) is 3.81. The van der Waals surface area contributed by atoms with Crippen molar-refractivity contribution in [2.24, 2.45) is 0 Å². The molecule has 4 rings (SSSR count). The highest BCUT2D eigenvalue weighted by Gasteiger charge is 2.14. The first kappa shape index (κ1) is 19.0. The van der Waals surface area contributed by atoms with E-state index in [0.29, 0.717) is 0 Å². The first-order chi connectivity index (χ1) is 14.2. The molecule has 2 heterocycles. The minimum absolute atomic E-state index is 0.0717. The van der Waals surface area contributed by atoms with Crippen LogP contribution >= 0.6 is 11.8 Å². The molecule has 0 aliphatic heterocycles. The van der Waals surface area contributed by atoms with E-state index in [2.05, 4.69) is 15.4 Å². The molecule has 1 amide bonds. The first-order valence-corrected chi connectivity index (χ1v) is 10.1. The fraction of sp³-hybridized carbons (Fsp3) is 0.136. The molecule has 2 aromatic heterocycles. The molecule has 0 aliphatic carbocycles. The minimum atomic E-state index is -0.0717. The van der Waals surface area contributed by atoms with Gasteiger partial charge in [-0.05, 0) is 36.8 Å². The van der Waals surface area contributed by atoms with Gasteiger partial charge in [0.2, 0.25) is 5.91 Å². The molecule has 0 fully saturated rings. The number of methoxy groups -OCH3 is 1. The van der Waals surface area contributed by atoms with Crippen LogP contribution in [0.25, 0.3) is 16.8 Å². The number of thioether (sulfide) groups is 1. The second kappa shape index (κ2) is 8.36. The van der Waals surface area contributed by atoms with Crippen molar-refractivity contribution in [3.63, 3.8) is 0 Å². The molecule has 4 aromatic rings. The normalized spacial score (nSPS) is 10.8. The number of aryl methyl sites for hydroxylation is 1. The number of carbonyl (C=O) groups excluding carboxylic acids is 1. The molecular formula is C22H20N4O2S. The number of carbonyl (C=O) groups is 1. The lowest BCUT2D eigenvalue weighted by molar-refractivity contribution is -0.113. The van der Waals surface area contributed by atoms with Crippen molar-refractivity contribution in [1.29, 1.82) is 0 Å². The van der Waals surface area contributed by atoms with Gasteiger partial charge in [-0.25, -0.2) is 9.50 Å². The Labute approximate surface area is 172 Å². The smallest absolute Gasteiger partial charge is 0.234 e. The molecule has 0 atom stereocenters. The van der Waals surface area contributed by atoms with Crippen LogP contribution in [-0.2, 0) is 4.79 Å². The van der Waals surface area contributed by atoms with Crippen LogP contribution in [0.5, 0.6) is 5.75 Å². The van der Waals surface area contributed by atoms with Crippen LogP contribution in [0.15, 0.2) is 72.0 Å². The van der Waals surface area contributed by atoms with Gasteiger partial charge in [-0.15, -0.1) is 0 Å². The number of benzene rings is 2. The highest BCUT2D eigenvalue weighted by Crippen LogP contribution is 2.31. The lowest BCUT2D eigenvalue weighted by Crippen LogP contribution is -2.14. The third-order valence-corrected chi connectivity index (χ3v) is 5.49. The summed E-state index contributed by atoms with van der Waals surface area (Å²) in [6.07, 6.45) is 3.49. The number of para-hydroxylation sites is 2. The molecule has 6 nitrogen and oxygen atoms in total. The van der Waals surface area contributed by atoms with E-state index in [4.69, 9.17) is 4.74 Å². The van der Waals surface area contributed by atoms with Crippen molar-refractivity contribution in [2.75, 3.05) is 18.2 Å². The van der Waals surface area contributed by atoms with Crippen molar-refractivity contribution >= 4 is 28.9 Å². The van der Waals surface area contributed by atoms with Gasteiger partial charge in [0.1, 0.15) is 10.8 Å². The van der Waals surface area contributed by atoms with Crippen LogP contribution in [0.1, 0.15) is 5.56 Å². The van der Waals surface area contributed by atoms with Gasteiger partial charge >= 0.3 is 0 Å². The number of anilines is 1. The number of amides is 1. The molecule has 0 bridgehead atoms. The van der Waals surface area contributed by atoms with E-state index in [1.807, 2.05) is 61.5 Å². The highest BCUT2D eigenvalue weighted by molar-refractivity contribution is 8.00. The molecule has 0 saturated carbocycles. The molecule has 7 heteroatoms. The Morgan fingerprint density at radius 3 is 2.79 bits per heavy atom. The Balaban J connectivity index is 1.55. The van der Waals surface area contributed by atoms with Gasteiger partial charge in [0, 0.05) is 23.6 Å². The average molecular weight is 404 g/mol. The molecule has 1 N–H and O–H groups in total. The molecule has 146 valence electrons. The van der Waals surface area contributed by atoms with Crippen molar-refractivity contribution in [2.45, 2.75) is 11.9 Å². The number of nitrogens with zero attached hydrogens (tertiary/aromatic N) is 3. The quantitative estimate of drug-likeness (QED) is 0.481. The fourth-order valence-electron chi connectivity index (χ4n) is 3.03. The van der Waals surface area contributed by atoms with Crippen molar-refractivity contribution < 1.29 is 9.53 Å². The first-order valence-electron chi connectivity index (χ1n) is 9.12. The van der Waals surface area contributed by atoms with E-state index in [0.717, 1.165) is 38.8 Å². The molecule has 2 aromatic carbocycles. The predicted molar refractivity (Wildman–Crippen MR) is 116 cm³/mol. The average Bonchev–Trinajstić information content (AvgIpc) is 3.18. The van der Waals surface area contributed by atoms with Crippen molar-refractivity contribution in [3.05, 3.63) is 72.6 Å². The van der Waals surface area contributed by atoms with Gasteiger partial charge in [-0.3, -0.25) is 4.79 Å². The molecule has 29 heavy (non-hydrogen) atoms. The zero-order valence-corrected chi connectivity index (χ0v) is 16.9. The SMILES string of the molecule is COc1ccccc1-c1cc2c(SCC(=O)Nc3ccccc3C)nccn2n1. The highest BCUT2D eigenvalue weighted by atomic mass is 32.2.